The van der Waals surface area contributed by atoms with E-state index in [1.807, 2.05) is 11.8 Å². The van der Waals surface area contributed by atoms with Gasteiger partial charge >= 0.3 is 0 Å². The third-order valence-electron chi connectivity index (χ3n) is 1.04. The first kappa shape index (κ1) is 11.1. The molecule has 0 aromatic heterocycles. The van der Waals surface area contributed by atoms with Crippen LogP contribution in [0.5, 0.6) is 0 Å². The van der Waals surface area contributed by atoms with Gasteiger partial charge in [-0.1, -0.05) is 6.92 Å². The SMILES string of the molecule is CCCSCCNC(=O)CCl. The van der Waals surface area contributed by atoms with Crippen molar-refractivity contribution >= 4 is 29.3 Å². The number of carbonyl (C=O) groups is 1. The molecule has 11 heavy (non-hydrogen) atoms. The van der Waals surface area contributed by atoms with Crippen LogP contribution in [0, 0.1) is 0 Å². The van der Waals surface area contributed by atoms with Crippen molar-refractivity contribution in [3.63, 3.8) is 0 Å². The molecule has 0 saturated heterocycles. The molecule has 0 aliphatic rings. The number of carbonyl (C=O) groups excluding carboxylic acids is 1. The lowest BCUT2D eigenvalue weighted by Crippen LogP contribution is -2.26. The zero-order chi connectivity index (χ0) is 8.53. The van der Waals surface area contributed by atoms with Gasteiger partial charge in [0.2, 0.25) is 5.91 Å². The molecule has 4 heteroatoms. The molecule has 0 spiro atoms. The van der Waals surface area contributed by atoms with Crippen LogP contribution >= 0.6 is 23.4 Å². The normalized spacial score (nSPS) is 9.64. The Labute approximate surface area is 77.1 Å². The van der Waals surface area contributed by atoms with Crippen molar-refractivity contribution in [1.29, 1.82) is 0 Å². The average molecular weight is 196 g/mol. The zero-order valence-corrected chi connectivity index (χ0v) is 8.30. The van der Waals surface area contributed by atoms with Gasteiger partial charge in [-0.2, -0.15) is 11.8 Å². The molecular formula is C7H14ClNOS. The number of halogens is 1. The number of thioether (sulfide) groups is 1. The van der Waals surface area contributed by atoms with Gasteiger partial charge in [-0.05, 0) is 12.2 Å². The molecule has 66 valence electrons. The second-order valence-electron chi connectivity index (χ2n) is 2.10. The van der Waals surface area contributed by atoms with Gasteiger partial charge in [0.05, 0.1) is 0 Å². The van der Waals surface area contributed by atoms with Gasteiger partial charge in [0.15, 0.2) is 0 Å². The Morgan fingerprint density at radius 2 is 2.27 bits per heavy atom. The summed E-state index contributed by atoms with van der Waals surface area (Å²) in [6, 6.07) is 0. The van der Waals surface area contributed by atoms with Gasteiger partial charge in [0, 0.05) is 12.3 Å². The maximum atomic E-state index is 10.6. The van der Waals surface area contributed by atoms with Crippen molar-refractivity contribution < 1.29 is 4.79 Å². The number of nitrogens with one attached hydrogen (secondary N) is 1. The maximum Gasteiger partial charge on any atom is 0.234 e. The first-order valence-electron chi connectivity index (χ1n) is 3.71. The summed E-state index contributed by atoms with van der Waals surface area (Å²) in [4.78, 5) is 10.6. The van der Waals surface area contributed by atoms with Gasteiger partial charge in [0.25, 0.3) is 0 Å². The smallest absolute Gasteiger partial charge is 0.234 e. The van der Waals surface area contributed by atoms with E-state index >= 15 is 0 Å². The van der Waals surface area contributed by atoms with Gasteiger partial charge in [-0.15, -0.1) is 11.6 Å². The Hall–Kier alpha value is 0.110. The van der Waals surface area contributed by atoms with Crippen molar-refractivity contribution in [3.8, 4) is 0 Å². The van der Waals surface area contributed by atoms with Gasteiger partial charge in [0.1, 0.15) is 5.88 Å². The Bertz CT molecular complexity index is 111. The molecule has 0 fully saturated rings. The third kappa shape index (κ3) is 8.01. The third-order valence-corrected chi connectivity index (χ3v) is 2.47. The number of hydrogen-bond donors (Lipinski definition) is 1. The van der Waals surface area contributed by atoms with Crippen LogP contribution in [0.3, 0.4) is 0 Å². The molecule has 0 bridgehead atoms. The predicted molar refractivity (Wildman–Crippen MR) is 51.3 cm³/mol. The summed E-state index contributed by atoms with van der Waals surface area (Å²) in [6.07, 6.45) is 1.19. The van der Waals surface area contributed by atoms with Gasteiger partial charge in [-0.25, -0.2) is 0 Å². The summed E-state index contributed by atoms with van der Waals surface area (Å²) < 4.78 is 0. The lowest BCUT2D eigenvalue weighted by Gasteiger charge is -2.01. The van der Waals surface area contributed by atoms with E-state index in [-0.39, 0.29) is 11.8 Å². The Balaban J connectivity index is 2.95. The molecule has 0 radical (unpaired) electrons. The number of rotatable bonds is 6. The van der Waals surface area contributed by atoms with Gasteiger partial charge < -0.3 is 5.32 Å². The fourth-order valence-corrected chi connectivity index (χ4v) is 1.39. The molecule has 0 heterocycles. The first-order valence-corrected chi connectivity index (χ1v) is 5.40. The van der Waals surface area contributed by atoms with Crippen LogP contribution in [-0.2, 0) is 4.79 Å². The molecule has 0 atom stereocenters. The maximum absolute atomic E-state index is 10.6. The molecule has 0 aromatic carbocycles. The zero-order valence-electron chi connectivity index (χ0n) is 6.73. The predicted octanol–water partition coefficient (Wildman–Crippen LogP) is 1.48. The quantitative estimate of drug-likeness (QED) is 0.514. The molecule has 1 amide bonds. The van der Waals surface area contributed by atoms with Crippen LogP contribution < -0.4 is 5.32 Å². The van der Waals surface area contributed by atoms with E-state index in [0.29, 0.717) is 0 Å². The summed E-state index contributed by atoms with van der Waals surface area (Å²) in [5.41, 5.74) is 0. The fraction of sp³-hybridized carbons (Fsp3) is 0.857. The van der Waals surface area contributed by atoms with Gasteiger partial charge in [-0.3, -0.25) is 4.79 Å². The van der Waals surface area contributed by atoms with Crippen molar-refractivity contribution in [3.05, 3.63) is 0 Å². The second kappa shape index (κ2) is 8.21. The highest BCUT2D eigenvalue weighted by molar-refractivity contribution is 7.99. The average Bonchev–Trinajstić information content (AvgIpc) is 2.04. The van der Waals surface area contributed by atoms with Crippen LogP contribution in [-0.4, -0.2) is 29.8 Å². The number of hydrogen-bond acceptors (Lipinski definition) is 2. The van der Waals surface area contributed by atoms with Crippen LogP contribution in [0.25, 0.3) is 0 Å². The Morgan fingerprint density at radius 3 is 2.82 bits per heavy atom. The molecule has 0 saturated carbocycles. The van der Waals surface area contributed by atoms with E-state index < -0.39 is 0 Å². The molecule has 0 rings (SSSR count). The molecule has 2 nitrogen and oxygen atoms in total. The molecule has 0 aliphatic heterocycles. The lowest BCUT2D eigenvalue weighted by atomic mass is 10.6. The van der Waals surface area contributed by atoms with Crippen molar-refractivity contribution in [2.75, 3.05) is 23.9 Å². The Morgan fingerprint density at radius 1 is 1.55 bits per heavy atom. The molecule has 0 aliphatic carbocycles. The second-order valence-corrected chi connectivity index (χ2v) is 3.59. The highest BCUT2D eigenvalue weighted by atomic mass is 35.5. The monoisotopic (exact) mass is 195 g/mol. The summed E-state index contributed by atoms with van der Waals surface area (Å²) in [5.74, 6) is 2.13. The molecule has 0 aromatic rings. The summed E-state index contributed by atoms with van der Waals surface area (Å²) in [6.45, 7) is 2.88. The van der Waals surface area contributed by atoms with Crippen LogP contribution in [0.2, 0.25) is 0 Å². The minimum Gasteiger partial charge on any atom is -0.354 e. The first-order chi connectivity index (χ1) is 5.31. The van der Waals surface area contributed by atoms with Crippen molar-refractivity contribution in [1.82, 2.24) is 5.32 Å². The summed E-state index contributed by atoms with van der Waals surface area (Å²) >= 11 is 7.12. The van der Waals surface area contributed by atoms with Crippen LogP contribution in [0.15, 0.2) is 0 Å². The summed E-state index contributed by atoms with van der Waals surface area (Å²) in [5, 5.41) is 2.70. The van der Waals surface area contributed by atoms with E-state index in [4.69, 9.17) is 11.6 Å². The number of alkyl halides is 1. The van der Waals surface area contributed by atoms with Crippen molar-refractivity contribution in [2.45, 2.75) is 13.3 Å². The highest BCUT2D eigenvalue weighted by Gasteiger charge is 1.95. The standard InChI is InChI=1S/C7H14ClNOS/c1-2-4-11-5-3-9-7(10)6-8/h2-6H2,1H3,(H,9,10). The minimum absolute atomic E-state index is 0.0679. The summed E-state index contributed by atoms with van der Waals surface area (Å²) in [7, 11) is 0. The fourth-order valence-electron chi connectivity index (χ4n) is 0.556. The highest BCUT2D eigenvalue weighted by Crippen LogP contribution is 1.99. The molecular weight excluding hydrogens is 182 g/mol. The topological polar surface area (TPSA) is 29.1 Å². The van der Waals surface area contributed by atoms with E-state index in [9.17, 15) is 4.79 Å². The molecule has 0 unspecified atom stereocenters. The minimum atomic E-state index is -0.0798. The van der Waals surface area contributed by atoms with Crippen LogP contribution in [0.4, 0.5) is 0 Å². The number of amides is 1. The van der Waals surface area contributed by atoms with Crippen LogP contribution in [0.1, 0.15) is 13.3 Å². The van der Waals surface area contributed by atoms with E-state index in [0.717, 1.165) is 18.1 Å². The van der Waals surface area contributed by atoms with E-state index in [1.165, 1.54) is 6.42 Å². The largest absolute Gasteiger partial charge is 0.354 e. The lowest BCUT2D eigenvalue weighted by molar-refractivity contribution is -0.118. The molecule has 1 N–H and O–H groups in total. The Kier molecular flexibility index (Phi) is 8.29. The van der Waals surface area contributed by atoms with Crippen molar-refractivity contribution in [2.24, 2.45) is 0 Å². The van der Waals surface area contributed by atoms with E-state index in [1.54, 1.807) is 0 Å². The van der Waals surface area contributed by atoms with E-state index in [2.05, 4.69) is 12.2 Å².